The van der Waals surface area contributed by atoms with Crippen molar-refractivity contribution in [3.63, 3.8) is 0 Å². The van der Waals surface area contributed by atoms with Crippen molar-refractivity contribution in [3.05, 3.63) is 23.5 Å². The maximum atomic E-state index is 13.3. The first kappa shape index (κ1) is 10.9. The average molecular weight is 285 g/mol. The second-order valence-corrected chi connectivity index (χ2v) is 4.93. The number of halogens is 2. The maximum absolute atomic E-state index is 13.3. The summed E-state index contributed by atoms with van der Waals surface area (Å²) in [5.41, 5.74) is 0.153. The molecule has 1 amide bonds. The van der Waals surface area contributed by atoms with Crippen molar-refractivity contribution in [1.29, 1.82) is 5.26 Å². The van der Waals surface area contributed by atoms with Crippen LogP contribution in [-0.4, -0.2) is 10.4 Å². The summed E-state index contributed by atoms with van der Waals surface area (Å²) in [7, 11) is 0. The minimum absolute atomic E-state index is 0.138. The number of rotatable bonds is 0. The van der Waals surface area contributed by atoms with Gasteiger partial charge in [-0.15, -0.1) is 0 Å². The number of alkyl halides is 1. The highest BCUT2D eigenvalue weighted by molar-refractivity contribution is 9.10. The van der Waals surface area contributed by atoms with Crippen LogP contribution in [-0.2, 0) is 4.79 Å². The third-order valence-electron chi connectivity index (χ3n) is 2.15. The number of ether oxygens (including phenoxy) is 1. The Labute approximate surface area is 99.1 Å². The summed E-state index contributed by atoms with van der Waals surface area (Å²) in [5, 5.41) is 11.2. The van der Waals surface area contributed by atoms with E-state index in [1.54, 1.807) is 6.07 Å². The third kappa shape index (κ3) is 1.63. The van der Waals surface area contributed by atoms with E-state index in [4.69, 9.17) is 10.00 Å². The van der Waals surface area contributed by atoms with Gasteiger partial charge in [-0.25, -0.2) is 4.39 Å². The molecule has 1 aliphatic rings. The molecular formula is C10H6BrFN2O2. The number of fused-ring (bicyclic) bond motifs is 1. The van der Waals surface area contributed by atoms with Crippen LogP contribution in [0.1, 0.15) is 12.5 Å². The van der Waals surface area contributed by atoms with Crippen LogP contribution in [0.5, 0.6) is 5.75 Å². The van der Waals surface area contributed by atoms with Crippen LogP contribution in [0.4, 0.5) is 10.1 Å². The molecule has 1 unspecified atom stereocenters. The van der Waals surface area contributed by atoms with Crippen LogP contribution in [0.3, 0.4) is 0 Å². The Morgan fingerprint density at radius 2 is 2.31 bits per heavy atom. The number of benzene rings is 1. The van der Waals surface area contributed by atoms with Gasteiger partial charge in [0.15, 0.2) is 0 Å². The van der Waals surface area contributed by atoms with Crippen LogP contribution < -0.4 is 10.1 Å². The van der Waals surface area contributed by atoms with E-state index in [-0.39, 0.29) is 11.3 Å². The first-order valence-corrected chi connectivity index (χ1v) is 5.16. The van der Waals surface area contributed by atoms with Gasteiger partial charge in [0.05, 0.1) is 11.3 Å². The van der Waals surface area contributed by atoms with E-state index in [0.29, 0.717) is 5.69 Å². The Balaban J connectivity index is 2.54. The monoisotopic (exact) mass is 284 g/mol. The van der Waals surface area contributed by atoms with Gasteiger partial charge in [0.2, 0.25) is 4.51 Å². The second-order valence-electron chi connectivity index (χ2n) is 3.41. The van der Waals surface area contributed by atoms with Crippen molar-refractivity contribution < 1.29 is 13.9 Å². The van der Waals surface area contributed by atoms with Crippen LogP contribution >= 0.6 is 15.9 Å². The molecule has 0 spiro atoms. The molecule has 2 rings (SSSR count). The number of amides is 1. The Hall–Kier alpha value is -1.61. The number of hydrogen-bond donors (Lipinski definition) is 1. The van der Waals surface area contributed by atoms with Crippen LogP contribution in [0.15, 0.2) is 12.1 Å². The van der Waals surface area contributed by atoms with E-state index >= 15 is 0 Å². The molecule has 1 N–H and O–H groups in total. The van der Waals surface area contributed by atoms with Crippen LogP contribution in [0, 0.1) is 17.1 Å². The Morgan fingerprint density at radius 1 is 1.62 bits per heavy atom. The number of anilines is 1. The Bertz CT molecular complexity index is 522. The van der Waals surface area contributed by atoms with Gasteiger partial charge in [0.1, 0.15) is 17.6 Å². The fourth-order valence-corrected chi connectivity index (χ4v) is 1.58. The van der Waals surface area contributed by atoms with E-state index in [1.165, 1.54) is 13.0 Å². The zero-order valence-electron chi connectivity index (χ0n) is 8.17. The summed E-state index contributed by atoms with van der Waals surface area (Å²) in [4.78, 5) is 11.5. The number of nitrogens with zero attached hydrogens (tertiary/aromatic N) is 1. The standard InChI is InChI=1S/C10H6BrFN2O2/c1-10(11)9(15)14-7-2-5(4-13)6(12)3-8(7)16-10/h2-3H,1H3,(H,14,15). The first-order chi connectivity index (χ1) is 7.44. The lowest BCUT2D eigenvalue weighted by Crippen LogP contribution is -2.43. The molecule has 0 saturated heterocycles. The third-order valence-corrected chi connectivity index (χ3v) is 2.67. The molecule has 1 heterocycles. The van der Waals surface area contributed by atoms with Crippen molar-refractivity contribution >= 4 is 27.5 Å². The zero-order chi connectivity index (χ0) is 11.9. The fourth-order valence-electron chi connectivity index (χ4n) is 1.31. The molecule has 0 bridgehead atoms. The molecule has 6 heteroatoms. The highest BCUT2D eigenvalue weighted by atomic mass is 79.9. The molecule has 16 heavy (non-hydrogen) atoms. The molecule has 0 aromatic heterocycles. The molecule has 4 nitrogen and oxygen atoms in total. The van der Waals surface area contributed by atoms with Gasteiger partial charge in [-0.3, -0.25) is 4.79 Å². The van der Waals surface area contributed by atoms with Crippen molar-refractivity contribution in [2.45, 2.75) is 11.4 Å². The molecule has 82 valence electrons. The Kier molecular flexibility index (Phi) is 2.35. The predicted octanol–water partition coefficient (Wildman–Crippen LogP) is 2.14. The van der Waals surface area contributed by atoms with Gasteiger partial charge in [-0.05, 0) is 28.9 Å². The summed E-state index contributed by atoms with van der Waals surface area (Å²) < 4.78 is 17.3. The number of carbonyl (C=O) groups excluding carboxylic acids is 1. The van der Waals surface area contributed by atoms with E-state index in [9.17, 15) is 9.18 Å². The van der Waals surface area contributed by atoms with Gasteiger partial charge in [0.25, 0.3) is 5.91 Å². The molecule has 0 fully saturated rings. The van der Waals surface area contributed by atoms with Gasteiger partial charge >= 0.3 is 0 Å². The molecule has 1 atom stereocenters. The topological polar surface area (TPSA) is 62.1 Å². The minimum atomic E-state index is -1.22. The summed E-state index contributed by atoms with van der Waals surface area (Å²) in [5.74, 6) is -0.897. The highest BCUT2D eigenvalue weighted by Gasteiger charge is 2.37. The van der Waals surface area contributed by atoms with Gasteiger partial charge in [0, 0.05) is 6.07 Å². The molecule has 0 aliphatic carbocycles. The maximum Gasteiger partial charge on any atom is 0.279 e. The number of nitrogens with one attached hydrogen (secondary N) is 1. The van der Waals surface area contributed by atoms with Gasteiger partial charge in [-0.1, -0.05) is 0 Å². The van der Waals surface area contributed by atoms with Crippen molar-refractivity contribution in [2.24, 2.45) is 0 Å². The number of hydrogen-bond acceptors (Lipinski definition) is 3. The largest absolute Gasteiger partial charge is 0.464 e. The quantitative estimate of drug-likeness (QED) is 0.743. The molecule has 0 radical (unpaired) electrons. The minimum Gasteiger partial charge on any atom is -0.464 e. The number of nitriles is 1. The van der Waals surface area contributed by atoms with E-state index in [1.807, 2.05) is 0 Å². The second kappa shape index (κ2) is 3.46. The van der Waals surface area contributed by atoms with Crippen LogP contribution in [0.25, 0.3) is 0 Å². The zero-order valence-corrected chi connectivity index (χ0v) is 9.76. The highest BCUT2D eigenvalue weighted by Crippen LogP contribution is 2.37. The fraction of sp³-hybridized carbons (Fsp3) is 0.200. The van der Waals surface area contributed by atoms with Crippen molar-refractivity contribution in [1.82, 2.24) is 0 Å². The smallest absolute Gasteiger partial charge is 0.279 e. The van der Waals surface area contributed by atoms with Gasteiger partial charge in [-0.2, -0.15) is 5.26 Å². The number of carbonyl (C=O) groups is 1. The Morgan fingerprint density at radius 3 is 2.94 bits per heavy atom. The van der Waals surface area contributed by atoms with Gasteiger partial charge < -0.3 is 10.1 Å². The molecular weight excluding hydrogens is 279 g/mol. The average Bonchev–Trinajstić information content (AvgIpc) is 2.19. The molecule has 1 aromatic carbocycles. The van der Waals surface area contributed by atoms with E-state index in [2.05, 4.69) is 21.2 Å². The molecule has 1 aromatic rings. The lowest BCUT2D eigenvalue weighted by molar-refractivity contribution is -0.124. The summed E-state index contributed by atoms with van der Waals surface area (Å²) >= 11 is 3.07. The van der Waals surface area contributed by atoms with Crippen molar-refractivity contribution in [3.8, 4) is 11.8 Å². The van der Waals surface area contributed by atoms with E-state index < -0.39 is 16.2 Å². The van der Waals surface area contributed by atoms with Crippen molar-refractivity contribution in [2.75, 3.05) is 5.32 Å². The first-order valence-electron chi connectivity index (χ1n) is 4.37. The SMILES string of the molecule is CC1(Br)Oc2cc(F)c(C#N)cc2NC1=O. The molecule has 1 aliphatic heterocycles. The lowest BCUT2D eigenvalue weighted by atomic mass is 10.1. The summed E-state index contributed by atoms with van der Waals surface area (Å²) in [6, 6.07) is 4.00. The van der Waals surface area contributed by atoms with Crippen LogP contribution in [0.2, 0.25) is 0 Å². The van der Waals surface area contributed by atoms with E-state index in [0.717, 1.165) is 6.07 Å². The summed E-state index contributed by atoms with van der Waals surface area (Å²) in [6.07, 6.45) is 0. The summed E-state index contributed by atoms with van der Waals surface area (Å²) in [6.45, 7) is 1.50. The predicted molar refractivity (Wildman–Crippen MR) is 57.7 cm³/mol. The lowest BCUT2D eigenvalue weighted by Gasteiger charge is -2.29. The molecule has 0 saturated carbocycles. The normalized spacial score (nSPS) is 22.8.